The molecule has 1 unspecified atom stereocenters. The molecular formula is C16H32N2O. The lowest BCUT2D eigenvalue weighted by molar-refractivity contribution is -0.145. The summed E-state index contributed by atoms with van der Waals surface area (Å²) in [7, 11) is 1.94. The van der Waals surface area contributed by atoms with Gasteiger partial charge in [-0.3, -0.25) is 4.79 Å². The number of hydrogen-bond acceptors (Lipinski definition) is 2. The van der Waals surface area contributed by atoms with Crippen LogP contribution in [0.5, 0.6) is 0 Å². The summed E-state index contributed by atoms with van der Waals surface area (Å²) in [5.41, 5.74) is 5.81. The molecule has 0 bridgehead atoms. The van der Waals surface area contributed by atoms with E-state index in [4.69, 9.17) is 5.73 Å². The maximum Gasteiger partial charge on any atom is 0.230 e. The summed E-state index contributed by atoms with van der Waals surface area (Å²) < 4.78 is 0. The molecule has 3 nitrogen and oxygen atoms in total. The number of nitrogens with two attached hydrogens (primary N) is 1. The third-order valence-corrected chi connectivity index (χ3v) is 5.06. The highest BCUT2D eigenvalue weighted by molar-refractivity contribution is 5.83. The van der Waals surface area contributed by atoms with Crippen LogP contribution in [0.25, 0.3) is 0 Å². The maximum absolute atomic E-state index is 12.9. The van der Waals surface area contributed by atoms with E-state index < -0.39 is 0 Å². The lowest BCUT2D eigenvalue weighted by atomic mass is 9.77. The lowest BCUT2D eigenvalue weighted by Gasteiger charge is -2.41. The zero-order chi connectivity index (χ0) is 14.7. The fraction of sp³-hybridized carbons (Fsp3) is 0.938. The van der Waals surface area contributed by atoms with E-state index in [1.165, 1.54) is 12.8 Å². The van der Waals surface area contributed by atoms with Crippen LogP contribution in [-0.4, -0.2) is 30.4 Å². The number of nitrogens with zero attached hydrogens (tertiary/aromatic N) is 1. The predicted octanol–water partition coefficient (Wildman–Crippen LogP) is 3.18. The van der Waals surface area contributed by atoms with Gasteiger partial charge in [0.25, 0.3) is 0 Å². The third kappa shape index (κ3) is 3.71. The van der Waals surface area contributed by atoms with Crippen molar-refractivity contribution < 1.29 is 4.79 Å². The first-order chi connectivity index (χ1) is 8.74. The van der Waals surface area contributed by atoms with Gasteiger partial charge in [-0.05, 0) is 25.2 Å². The van der Waals surface area contributed by atoms with Crippen LogP contribution in [0.2, 0.25) is 0 Å². The molecule has 1 fully saturated rings. The molecule has 0 aromatic heterocycles. The summed E-state index contributed by atoms with van der Waals surface area (Å²) in [5.74, 6) is 0.263. The van der Waals surface area contributed by atoms with Crippen molar-refractivity contribution in [2.75, 3.05) is 13.6 Å². The molecular weight excluding hydrogens is 236 g/mol. The average Bonchev–Trinajstić information content (AvgIpc) is 2.61. The average molecular weight is 268 g/mol. The first-order valence-electron chi connectivity index (χ1n) is 7.72. The van der Waals surface area contributed by atoms with Gasteiger partial charge in [-0.1, -0.05) is 46.5 Å². The van der Waals surface area contributed by atoms with Crippen molar-refractivity contribution in [3.63, 3.8) is 0 Å². The van der Waals surface area contributed by atoms with Crippen molar-refractivity contribution in [2.45, 2.75) is 72.3 Å². The van der Waals surface area contributed by atoms with Crippen molar-refractivity contribution in [2.24, 2.45) is 16.6 Å². The van der Waals surface area contributed by atoms with Gasteiger partial charge in [-0.25, -0.2) is 0 Å². The van der Waals surface area contributed by atoms with Crippen molar-refractivity contribution in [1.29, 1.82) is 0 Å². The molecule has 0 heterocycles. The molecule has 1 aliphatic carbocycles. The van der Waals surface area contributed by atoms with E-state index in [1.54, 1.807) is 0 Å². The van der Waals surface area contributed by atoms with Gasteiger partial charge in [-0.2, -0.15) is 0 Å². The molecule has 19 heavy (non-hydrogen) atoms. The molecule has 1 aliphatic rings. The smallest absolute Gasteiger partial charge is 0.230 e. The van der Waals surface area contributed by atoms with Crippen LogP contribution in [-0.2, 0) is 4.79 Å². The van der Waals surface area contributed by atoms with Crippen LogP contribution in [0, 0.1) is 10.8 Å². The summed E-state index contributed by atoms with van der Waals surface area (Å²) >= 11 is 0. The minimum atomic E-state index is -0.301. The summed E-state index contributed by atoms with van der Waals surface area (Å²) in [4.78, 5) is 14.9. The van der Waals surface area contributed by atoms with Crippen LogP contribution in [0.4, 0.5) is 0 Å². The summed E-state index contributed by atoms with van der Waals surface area (Å²) in [6.07, 6.45) is 6.69. The Balaban J connectivity index is 2.88. The largest absolute Gasteiger partial charge is 0.342 e. The molecule has 112 valence electrons. The quantitative estimate of drug-likeness (QED) is 0.799. The number of rotatable bonds is 3. The molecule has 2 N–H and O–H groups in total. The van der Waals surface area contributed by atoms with Gasteiger partial charge in [0, 0.05) is 19.6 Å². The highest BCUT2D eigenvalue weighted by Crippen LogP contribution is 2.37. The highest BCUT2D eigenvalue weighted by Gasteiger charge is 2.41. The minimum absolute atomic E-state index is 0.102. The second kappa shape index (κ2) is 6.25. The Morgan fingerprint density at radius 2 is 1.68 bits per heavy atom. The Hall–Kier alpha value is -0.570. The van der Waals surface area contributed by atoms with Crippen molar-refractivity contribution in [3.05, 3.63) is 0 Å². The van der Waals surface area contributed by atoms with E-state index in [9.17, 15) is 4.79 Å². The Morgan fingerprint density at radius 1 is 1.21 bits per heavy atom. The predicted molar refractivity (Wildman–Crippen MR) is 80.9 cm³/mol. The van der Waals surface area contributed by atoms with Gasteiger partial charge in [0.15, 0.2) is 0 Å². The maximum atomic E-state index is 12.9. The molecule has 1 saturated carbocycles. The normalized spacial score (nSPS) is 21.6. The van der Waals surface area contributed by atoms with Crippen LogP contribution < -0.4 is 5.73 Å². The van der Waals surface area contributed by atoms with E-state index in [0.29, 0.717) is 6.54 Å². The van der Waals surface area contributed by atoms with E-state index >= 15 is 0 Å². The first kappa shape index (κ1) is 16.5. The molecule has 3 heteroatoms. The van der Waals surface area contributed by atoms with Gasteiger partial charge in [-0.15, -0.1) is 0 Å². The SMILES string of the molecule is CC(N(C)C(=O)C1(CN)CCCCCC1)C(C)(C)C. The number of amides is 1. The molecule has 1 rings (SSSR count). The van der Waals surface area contributed by atoms with Crippen LogP contribution >= 0.6 is 0 Å². The molecule has 1 atom stereocenters. The molecule has 0 spiro atoms. The Labute approximate surface area is 118 Å². The standard InChI is InChI=1S/C16H32N2O/c1-13(15(2,3)4)18(5)14(19)16(12-17)10-8-6-7-9-11-16/h13H,6-12,17H2,1-5H3. The topological polar surface area (TPSA) is 46.3 Å². The second-order valence-electron chi connectivity index (χ2n) is 7.36. The Kier molecular flexibility index (Phi) is 5.43. The highest BCUT2D eigenvalue weighted by atomic mass is 16.2. The number of carbonyl (C=O) groups excluding carboxylic acids is 1. The summed E-state index contributed by atoms with van der Waals surface area (Å²) in [5, 5.41) is 0. The molecule has 0 aromatic rings. The van der Waals surface area contributed by atoms with Crippen molar-refractivity contribution >= 4 is 5.91 Å². The van der Waals surface area contributed by atoms with Gasteiger partial charge < -0.3 is 10.6 Å². The number of carbonyl (C=O) groups is 1. The van der Waals surface area contributed by atoms with E-state index in [1.807, 2.05) is 11.9 Å². The first-order valence-corrected chi connectivity index (χ1v) is 7.72. The minimum Gasteiger partial charge on any atom is -0.342 e. The molecule has 0 aliphatic heterocycles. The summed E-state index contributed by atoms with van der Waals surface area (Å²) in [6.45, 7) is 9.18. The zero-order valence-corrected chi connectivity index (χ0v) is 13.5. The van der Waals surface area contributed by atoms with Gasteiger partial charge in [0.1, 0.15) is 0 Å². The summed E-state index contributed by atoms with van der Waals surface area (Å²) in [6, 6.07) is 0.228. The second-order valence-corrected chi connectivity index (χ2v) is 7.36. The van der Waals surface area contributed by atoms with Gasteiger partial charge >= 0.3 is 0 Å². The lowest BCUT2D eigenvalue weighted by Crippen LogP contribution is -2.52. The molecule has 0 radical (unpaired) electrons. The van der Waals surface area contributed by atoms with E-state index in [0.717, 1.165) is 25.7 Å². The van der Waals surface area contributed by atoms with E-state index in [-0.39, 0.29) is 22.8 Å². The molecule has 0 aromatic carbocycles. The zero-order valence-electron chi connectivity index (χ0n) is 13.5. The monoisotopic (exact) mass is 268 g/mol. The van der Waals surface area contributed by atoms with Crippen molar-refractivity contribution in [1.82, 2.24) is 4.90 Å². The van der Waals surface area contributed by atoms with Crippen molar-refractivity contribution in [3.8, 4) is 0 Å². The Morgan fingerprint density at radius 3 is 2.05 bits per heavy atom. The fourth-order valence-electron chi connectivity index (χ4n) is 3.04. The van der Waals surface area contributed by atoms with Gasteiger partial charge in [0.2, 0.25) is 5.91 Å². The number of hydrogen-bond donors (Lipinski definition) is 1. The molecule has 0 saturated heterocycles. The third-order valence-electron chi connectivity index (χ3n) is 5.06. The van der Waals surface area contributed by atoms with Gasteiger partial charge in [0.05, 0.1) is 5.41 Å². The molecule has 1 amide bonds. The van der Waals surface area contributed by atoms with E-state index in [2.05, 4.69) is 27.7 Å². The van der Waals surface area contributed by atoms with Crippen LogP contribution in [0.3, 0.4) is 0 Å². The Bertz CT molecular complexity index is 298. The fourth-order valence-corrected chi connectivity index (χ4v) is 3.04. The van der Waals surface area contributed by atoms with Crippen LogP contribution in [0.1, 0.15) is 66.2 Å². The van der Waals surface area contributed by atoms with Crippen LogP contribution in [0.15, 0.2) is 0 Å².